The van der Waals surface area contributed by atoms with Crippen molar-refractivity contribution in [3.8, 4) is 11.5 Å². The predicted octanol–water partition coefficient (Wildman–Crippen LogP) is 3.22. The lowest BCUT2D eigenvalue weighted by atomic mass is 10.0. The van der Waals surface area contributed by atoms with Gasteiger partial charge in [0.25, 0.3) is 0 Å². The molecule has 0 amide bonds. The zero-order valence-electron chi connectivity index (χ0n) is 12.4. The van der Waals surface area contributed by atoms with Crippen molar-refractivity contribution in [3.63, 3.8) is 0 Å². The molecule has 1 N–H and O–H groups in total. The molecule has 1 aliphatic rings. The number of carbonyl (C=O) groups excluding carboxylic acids is 2. The second kappa shape index (κ2) is 6.00. The Labute approximate surface area is 136 Å². The Hall–Kier alpha value is -3.41. The van der Waals surface area contributed by atoms with Crippen molar-refractivity contribution in [2.75, 3.05) is 0 Å². The lowest BCUT2D eigenvalue weighted by Gasteiger charge is -2.09. The summed E-state index contributed by atoms with van der Waals surface area (Å²) in [5, 5.41) is 9.26. The van der Waals surface area contributed by atoms with Gasteiger partial charge in [0.2, 0.25) is 0 Å². The normalized spacial score (nSPS) is 12.2. The lowest BCUT2D eigenvalue weighted by Crippen LogP contribution is -2.07. The van der Waals surface area contributed by atoms with Gasteiger partial charge in [0, 0.05) is 11.1 Å². The van der Waals surface area contributed by atoms with Crippen LogP contribution in [0.25, 0.3) is 0 Å². The Bertz CT molecular complexity index is 881. The average Bonchev–Trinajstić information content (AvgIpc) is 2.94. The molecule has 0 unspecified atom stereocenters. The van der Waals surface area contributed by atoms with E-state index < -0.39 is 11.8 Å². The zero-order valence-corrected chi connectivity index (χ0v) is 12.4. The molecule has 0 radical (unpaired) electrons. The molecule has 3 rings (SSSR count). The molecule has 0 atom stereocenters. The molecule has 0 saturated carbocycles. The number of ether oxygens (including phenoxy) is 2. The first kappa shape index (κ1) is 15.5. The minimum Gasteiger partial charge on any atom is -0.478 e. The second-order valence-corrected chi connectivity index (χ2v) is 5.08. The largest absolute Gasteiger partial charge is 0.478 e. The fourth-order valence-electron chi connectivity index (χ4n) is 2.40. The van der Waals surface area contributed by atoms with Crippen molar-refractivity contribution >= 4 is 17.7 Å². The van der Waals surface area contributed by atoms with E-state index in [0.717, 1.165) is 6.08 Å². The molecule has 0 bridgehead atoms. The highest BCUT2D eigenvalue weighted by molar-refractivity contribution is 6.11. The number of allylic oxidation sites excluding steroid dienone is 1. The number of hydrogen-bond donors (Lipinski definition) is 1. The maximum atomic E-state index is 11.7. The van der Waals surface area contributed by atoms with E-state index in [9.17, 15) is 19.5 Å². The minimum absolute atomic E-state index is 0.0396. The van der Waals surface area contributed by atoms with Crippen LogP contribution in [0.15, 0.2) is 49.1 Å². The molecule has 0 spiro atoms. The first-order valence-electron chi connectivity index (χ1n) is 7.01. The van der Waals surface area contributed by atoms with Gasteiger partial charge in [-0.05, 0) is 42.5 Å². The van der Waals surface area contributed by atoms with Crippen molar-refractivity contribution < 1.29 is 29.0 Å². The van der Waals surface area contributed by atoms with Crippen LogP contribution in [0.3, 0.4) is 0 Å². The molecule has 1 heterocycles. The number of rotatable bonds is 5. The minimum atomic E-state index is -1.24. The van der Waals surface area contributed by atoms with Crippen molar-refractivity contribution in [1.29, 1.82) is 0 Å². The van der Waals surface area contributed by atoms with E-state index in [1.165, 1.54) is 18.2 Å². The van der Waals surface area contributed by atoms with Crippen LogP contribution in [-0.4, -0.2) is 22.8 Å². The number of aromatic carboxylic acids is 1. The van der Waals surface area contributed by atoms with Gasteiger partial charge in [0.1, 0.15) is 18.1 Å². The van der Waals surface area contributed by atoms with Gasteiger partial charge in [-0.2, -0.15) is 0 Å². The molecule has 6 heteroatoms. The van der Waals surface area contributed by atoms with Crippen molar-refractivity contribution in [2.24, 2.45) is 0 Å². The number of hydrogen-bond acceptors (Lipinski definition) is 5. The monoisotopic (exact) mass is 324 g/mol. The second-order valence-electron chi connectivity index (χ2n) is 5.08. The van der Waals surface area contributed by atoms with E-state index >= 15 is 0 Å². The Balaban J connectivity index is 1.92. The van der Waals surface area contributed by atoms with Crippen LogP contribution in [0.2, 0.25) is 0 Å². The summed E-state index contributed by atoms with van der Waals surface area (Å²) in [4.78, 5) is 34.5. The van der Waals surface area contributed by atoms with Crippen LogP contribution in [-0.2, 0) is 11.3 Å². The van der Waals surface area contributed by atoms with Crippen molar-refractivity contribution in [3.05, 3.63) is 71.3 Å². The molecule has 6 nitrogen and oxygen atoms in total. The Morgan fingerprint density at radius 1 is 1.12 bits per heavy atom. The van der Waals surface area contributed by atoms with E-state index in [0.29, 0.717) is 16.9 Å². The smallest absolute Gasteiger partial charge is 0.338 e. The van der Waals surface area contributed by atoms with Crippen LogP contribution in [0, 0.1) is 0 Å². The van der Waals surface area contributed by atoms with Crippen LogP contribution < -0.4 is 4.74 Å². The van der Waals surface area contributed by atoms with E-state index in [2.05, 4.69) is 6.58 Å². The summed E-state index contributed by atoms with van der Waals surface area (Å²) < 4.78 is 10.5. The standard InChI is InChI=1S/C18H12O6/c1-2-16(19)14-6-4-12(8-15(14)17(20)21)24-11-3-5-13-10(7-11)9-23-18(13)22/h2-8H,1,9H2,(H,20,21). The summed E-state index contributed by atoms with van der Waals surface area (Å²) in [6.07, 6.45) is 1.06. The van der Waals surface area contributed by atoms with Gasteiger partial charge in [0.05, 0.1) is 11.1 Å². The number of cyclic esters (lactones) is 1. The van der Waals surface area contributed by atoms with E-state index in [-0.39, 0.29) is 29.5 Å². The number of carbonyl (C=O) groups is 3. The molecular weight excluding hydrogens is 312 g/mol. The number of carboxylic acids is 1. The quantitative estimate of drug-likeness (QED) is 0.516. The highest BCUT2D eigenvalue weighted by atomic mass is 16.5. The summed E-state index contributed by atoms with van der Waals surface area (Å²) in [6, 6.07) is 8.99. The summed E-state index contributed by atoms with van der Waals surface area (Å²) >= 11 is 0. The van der Waals surface area contributed by atoms with E-state index in [4.69, 9.17) is 9.47 Å². The third kappa shape index (κ3) is 2.77. The van der Waals surface area contributed by atoms with E-state index in [1.807, 2.05) is 0 Å². The maximum Gasteiger partial charge on any atom is 0.338 e. The molecule has 0 saturated heterocycles. The first-order valence-corrected chi connectivity index (χ1v) is 7.01. The van der Waals surface area contributed by atoms with Gasteiger partial charge in [-0.15, -0.1) is 0 Å². The number of fused-ring (bicyclic) bond motifs is 1. The molecule has 24 heavy (non-hydrogen) atoms. The molecule has 0 aromatic heterocycles. The van der Waals surface area contributed by atoms with Crippen LogP contribution in [0.1, 0.15) is 36.6 Å². The molecule has 2 aromatic carbocycles. The van der Waals surface area contributed by atoms with Crippen LogP contribution >= 0.6 is 0 Å². The maximum absolute atomic E-state index is 11.7. The molecule has 0 fully saturated rings. The van der Waals surface area contributed by atoms with Crippen LogP contribution in [0.4, 0.5) is 0 Å². The summed E-state index contributed by atoms with van der Waals surface area (Å²) in [5.41, 5.74) is 1.06. The Kier molecular flexibility index (Phi) is 3.87. The SMILES string of the molecule is C=CC(=O)c1ccc(Oc2ccc3c(c2)COC3=O)cc1C(=O)O. The highest BCUT2D eigenvalue weighted by Gasteiger charge is 2.21. The van der Waals surface area contributed by atoms with Gasteiger partial charge >= 0.3 is 11.9 Å². The molecular formula is C18H12O6. The molecule has 120 valence electrons. The van der Waals surface area contributed by atoms with Gasteiger partial charge in [-0.25, -0.2) is 9.59 Å². The van der Waals surface area contributed by atoms with Gasteiger partial charge < -0.3 is 14.6 Å². The van der Waals surface area contributed by atoms with Gasteiger partial charge in [-0.3, -0.25) is 4.79 Å². The Morgan fingerprint density at radius 2 is 1.83 bits per heavy atom. The zero-order chi connectivity index (χ0) is 17.3. The van der Waals surface area contributed by atoms with Crippen molar-refractivity contribution in [2.45, 2.75) is 6.61 Å². The first-order chi connectivity index (χ1) is 11.5. The third-order valence-electron chi connectivity index (χ3n) is 3.56. The number of benzene rings is 2. The molecule has 0 aliphatic carbocycles. The van der Waals surface area contributed by atoms with Gasteiger partial charge in [-0.1, -0.05) is 6.58 Å². The number of ketones is 1. The van der Waals surface area contributed by atoms with Crippen molar-refractivity contribution in [1.82, 2.24) is 0 Å². The third-order valence-corrected chi connectivity index (χ3v) is 3.56. The predicted molar refractivity (Wildman–Crippen MR) is 83.6 cm³/mol. The fraction of sp³-hybridized carbons (Fsp3) is 0.0556. The summed E-state index contributed by atoms with van der Waals surface area (Å²) in [5.74, 6) is -1.40. The van der Waals surface area contributed by atoms with Crippen LogP contribution in [0.5, 0.6) is 11.5 Å². The number of carboxylic acid groups (broad SMARTS) is 1. The number of esters is 1. The molecule has 2 aromatic rings. The lowest BCUT2D eigenvalue weighted by molar-refractivity contribution is 0.0534. The average molecular weight is 324 g/mol. The molecule has 1 aliphatic heterocycles. The summed E-state index contributed by atoms with van der Waals surface area (Å²) in [7, 11) is 0. The highest BCUT2D eigenvalue weighted by Crippen LogP contribution is 2.29. The Morgan fingerprint density at radius 3 is 2.54 bits per heavy atom. The summed E-state index contributed by atoms with van der Waals surface area (Å²) in [6.45, 7) is 3.53. The van der Waals surface area contributed by atoms with E-state index in [1.54, 1.807) is 18.2 Å². The van der Waals surface area contributed by atoms with Gasteiger partial charge in [0.15, 0.2) is 5.78 Å². The fourth-order valence-corrected chi connectivity index (χ4v) is 2.40. The topological polar surface area (TPSA) is 89.9 Å².